The third-order valence-corrected chi connectivity index (χ3v) is 2.45. The summed E-state index contributed by atoms with van der Waals surface area (Å²) in [6, 6.07) is 6.97. The van der Waals surface area contributed by atoms with Crippen LogP contribution in [0.4, 0.5) is 13.2 Å². The van der Waals surface area contributed by atoms with Crippen LogP contribution in [0.25, 0.3) is 0 Å². The van der Waals surface area contributed by atoms with Crippen molar-refractivity contribution in [3.63, 3.8) is 0 Å². The quantitative estimate of drug-likeness (QED) is 0.579. The summed E-state index contributed by atoms with van der Waals surface area (Å²) >= 11 is 0. The van der Waals surface area contributed by atoms with Crippen molar-refractivity contribution in [2.75, 3.05) is 13.2 Å². The van der Waals surface area contributed by atoms with Gasteiger partial charge in [0.25, 0.3) is 0 Å². The topological polar surface area (TPSA) is 26.3 Å². The first kappa shape index (κ1) is 14.7. The van der Waals surface area contributed by atoms with Crippen molar-refractivity contribution >= 4 is 5.78 Å². The minimum absolute atomic E-state index is 0.306. The summed E-state index contributed by atoms with van der Waals surface area (Å²) in [5.74, 6) is -0.306. The number of aryl methyl sites for hydroxylation is 1. The van der Waals surface area contributed by atoms with Crippen molar-refractivity contribution in [2.24, 2.45) is 0 Å². The second-order valence-corrected chi connectivity index (χ2v) is 3.89. The minimum Gasteiger partial charge on any atom is -0.373 e. The Kier molecular flexibility index (Phi) is 5.34. The molecule has 0 saturated heterocycles. The van der Waals surface area contributed by atoms with E-state index in [1.54, 1.807) is 12.1 Å². The number of carbonyl (C=O) groups excluding carboxylic acids is 1. The van der Waals surface area contributed by atoms with Crippen LogP contribution in [-0.2, 0) is 11.2 Å². The molecule has 0 atom stereocenters. The van der Waals surface area contributed by atoms with Gasteiger partial charge in [-0.3, -0.25) is 4.79 Å². The Bertz CT molecular complexity index is 382. The summed E-state index contributed by atoms with van der Waals surface area (Å²) in [6.45, 7) is 1.20. The lowest BCUT2D eigenvalue weighted by Crippen LogP contribution is -2.15. The predicted octanol–water partition coefficient (Wildman–Crippen LogP) is 3.40. The summed E-state index contributed by atoms with van der Waals surface area (Å²) in [4.78, 5) is 11.6. The van der Waals surface area contributed by atoms with Gasteiger partial charge < -0.3 is 4.74 Å². The number of benzene rings is 1. The van der Waals surface area contributed by atoms with Gasteiger partial charge in [0.15, 0.2) is 5.78 Å². The summed E-state index contributed by atoms with van der Waals surface area (Å²) in [5, 5.41) is 0. The Morgan fingerprint density at radius 2 is 1.83 bits per heavy atom. The second kappa shape index (κ2) is 6.54. The Morgan fingerprint density at radius 1 is 1.22 bits per heavy atom. The first-order valence-electron chi connectivity index (χ1n) is 5.69. The molecule has 2 nitrogen and oxygen atoms in total. The average molecular weight is 260 g/mol. The molecule has 0 fully saturated rings. The maximum Gasteiger partial charge on any atom is 0.391 e. The van der Waals surface area contributed by atoms with Crippen LogP contribution in [0.15, 0.2) is 24.3 Å². The van der Waals surface area contributed by atoms with Crippen LogP contribution in [0.3, 0.4) is 0 Å². The van der Waals surface area contributed by atoms with Gasteiger partial charge in [0.1, 0.15) is 6.61 Å². The van der Waals surface area contributed by atoms with Crippen molar-refractivity contribution in [1.82, 2.24) is 0 Å². The molecule has 0 aromatic heterocycles. The first-order valence-corrected chi connectivity index (χ1v) is 5.69. The van der Waals surface area contributed by atoms with Gasteiger partial charge in [0.2, 0.25) is 0 Å². The molecule has 0 aliphatic carbocycles. The van der Waals surface area contributed by atoms with Gasteiger partial charge in [0, 0.05) is 5.56 Å². The maximum absolute atomic E-state index is 11.8. The molecule has 0 saturated carbocycles. The van der Waals surface area contributed by atoms with Gasteiger partial charge in [-0.2, -0.15) is 13.2 Å². The molecule has 1 aromatic carbocycles. The number of rotatable bonds is 6. The lowest BCUT2D eigenvalue weighted by atomic mass is 10.1. The zero-order chi connectivity index (χ0) is 13.6. The molecule has 5 heteroatoms. The van der Waals surface area contributed by atoms with Crippen molar-refractivity contribution < 1.29 is 22.7 Å². The van der Waals surface area contributed by atoms with E-state index in [1.807, 2.05) is 19.1 Å². The zero-order valence-electron chi connectivity index (χ0n) is 10.1. The van der Waals surface area contributed by atoms with Gasteiger partial charge in [0.05, 0.1) is 13.0 Å². The van der Waals surface area contributed by atoms with Crippen LogP contribution < -0.4 is 0 Å². The second-order valence-electron chi connectivity index (χ2n) is 3.89. The molecule has 18 heavy (non-hydrogen) atoms. The minimum atomic E-state index is -4.24. The van der Waals surface area contributed by atoms with E-state index in [9.17, 15) is 18.0 Å². The molecule has 0 aliphatic heterocycles. The van der Waals surface area contributed by atoms with Crippen molar-refractivity contribution in [3.05, 3.63) is 35.4 Å². The smallest absolute Gasteiger partial charge is 0.373 e. The maximum atomic E-state index is 11.8. The Morgan fingerprint density at radius 3 is 2.33 bits per heavy atom. The number of alkyl halides is 3. The summed E-state index contributed by atoms with van der Waals surface area (Å²) in [7, 11) is 0. The normalized spacial score (nSPS) is 11.6. The number of ketones is 1. The van der Waals surface area contributed by atoms with E-state index in [0.717, 1.165) is 12.0 Å². The summed E-state index contributed by atoms with van der Waals surface area (Å²) in [5.41, 5.74) is 1.56. The highest BCUT2D eigenvalue weighted by atomic mass is 19.4. The van der Waals surface area contributed by atoms with Crippen LogP contribution in [0.2, 0.25) is 0 Å². The zero-order valence-corrected chi connectivity index (χ0v) is 10.1. The first-order chi connectivity index (χ1) is 8.42. The molecule has 0 bridgehead atoms. The van der Waals surface area contributed by atoms with Crippen molar-refractivity contribution in [2.45, 2.75) is 25.9 Å². The third-order valence-electron chi connectivity index (χ3n) is 2.45. The predicted molar refractivity (Wildman–Crippen MR) is 61.6 cm³/mol. The van der Waals surface area contributed by atoms with Crippen LogP contribution in [-0.4, -0.2) is 25.2 Å². The molecule has 0 heterocycles. The molecule has 0 spiro atoms. The van der Waals surface area contributed by atoms with E-state index in [4.69, 9.17) is 4.74 Å². The van der Waals surface area contributed by atoms with Crippen molar-refractivity contribution in [1.29, 1.82) is 0 Å². The number of Topliss-reactive ketones (excluding diaryl/α,β-unsaturated/α-hetero) is 1. The van der Waals surface area contributed by atoms with E-state index >= 15 is 0 Å². The molecular weight excluding hydrogens is 245 g/mol. The Hall–Kier alpha value is -1.36. The van der Waals surface area contributed by atoms with Gasteiger partial charge in [-0.15, -0.1) is 0 Å². The third kappa shape index (κ3) is 5.31. The highest BCUT2D eigenvalue weighted by molar-refractivity contribution is 5.97. The fraction of sp³-hybridized carbons (Fsp3) is 0.462. The molecule has 0 amide bonds. The monoisotopic (exact) mass is 260 g/mol. The molecule has 0 N–H and O–H groups in total. The number of halogens is 3. The molecule has 0 aliphatic rings. The largest absolute Gasteiger partial charge is 0.391 e. The lowest BCUT2D eigenvalue weighted by Gasteiger charge is -2.07. The van der Waals surface area contributed by atoms with Crippen LogP contribution in [0, 0.1) is 0 Å². The highest BCUT2D eigenvalue weighted by Crippen LogP contribution is 2.19. The molecule has 1 rings (SSSR count). The van der Waals surface area contributed by atoms with Crippen LogP contribution in [0.1, 0.15) is 29.3 Å². The Labute approximate surface area is 104 Å². The molecule has 0 unspecified atom stereocenters. The van der Waals surface area contributed by atoms with E-state index in [2.05, 4.69) is 0 Å². The molecule has 0 radical (unpaired) electrons. The van der Waals surface area contributed by atoms with E-state index in [0.29, 0.717) is 5.56 Å². The fourth-order valence-electron chi connectivity index (χ4n) is 1.36. The number of hydrogen-bond donors (Lipinski definition) is 0. The number of ether oxygens (including phenoxy) is 1. The SMILES string of the molecule is CCc1ccc(C(=O)COCCC(F)(F)F)cc1. The van der Waals surface area contributed by atoms with Gasteiger partial charge in [-0.1, -0.05) is 31.2 Å². The van der Waals surface area contributed by atoms with Gasteiger partial charge in [-0.25, -0.2) is 0 Å². The molecule has 1 aromatic rings. The van der Waals surface area contributed by atoms with E-state index in [-0.39, 0.29) is 12.4 Å². The van der Waals surface area contributed by atoms with Crippen molar-refractivity contribution in [3.8, 4) is 0 Å². The van der Waals surface area contributed by atoms with Crippen LogP contribution >= 0.6 is 0 Å². The fourth-order valence-corrected chi connectivity index (χ4v) is 1.36. The van der Waals surface area contributed by atoms with E-state index in [1.165, 1.54) is 0 Å². The lowest BCUT2D eigenvalue weighted by molar-refractivity contribution is -0.144. The molecular formula is C13H15F3O2. The average Bonchev–Trinajstić information content (AvgIpc) is 2.33. The van der Waals surface area contributed by atoms with Crippen LogP contribution in [0.5, 0.6) is 0 Å². The number of carbonyl (C=O) groups is 1. The Balaban J connectivity index is 2.36. The number of hydrogen-bond acceptors (Lipinski definition) is 2. The van der Waals surface area contributed by atoms with Gasteiger partial charge >= 0.3 is 6.18 Å². The molecule has 100 valence electrons. The summed E-state index contributed by atoms with van der Waals surface area (Å²) < 4.78 is 40.2. The standard InChI is InChI=1S/C13H15F3O2/c1-2-10-3-5-11(6-4-10)12(17)9-18-8-7-13(14,15)16/h3-6H,2,7-9H2,1H3. The van der Waals surface area contributed by atoms with Gasteiger partial charge in [-0.05, 0) is 12.0 Å². The van der Waals surface area contributed by atoms with E-state index < -0.39 is 19.2 Å². The summed E-state index contributed by atoms with van der Waals surface area (Å²) in [6.07, 6.45) is -4.41. The highest BCUT2D eigenvalue weighted by Gasteiger charge is 2.26.